The minimum Gasteiger partial charge on any atom is -0.382 e. The molecule has 0 unspecified atom stereocenters. The molecule has 0 radical (unpaired) electrons. The SMILES string of the molecule is COCCOCCN=C(N)N1CCC(C)CC1.I. The number of aliphatic imine (C=N–C) groups is 1. The van der Waals surface area contributed by atoms with Crippen LogP contribution in [-0.4, -0.2) is 57.4 Å². The quantitative estimate of drug-likeness (QED) is 0.331. The van der Waals surface area contributed by atoms with Gasteiger partial charge in [-0.05, 0) is 18.8 Å². The van der Waals surface area contributed by atoms with E-state index in [-0.39, 0.29) is 24.0 Å². The van der Waals surface area contributed by atoms with E-state index in [2.05, 4.69) is 16.8 Å². The van der Waals surface area contributed by atoms with Crippen LogP contribution in [0.4, 0.5) is 0 Å². The van der Waals surface area contributed by atoms with Gasteiger partial charge in [-0.3, -0.25) is 4.99 Å². The van der Waals surface area contributed by atoms with E-state index < -0.39 is 0 Å². The maximum absolute atomic E-state index is 5.93. The number of guanidine groups is 1. The van der Waals surface area contributed by atoms with E-state index in [0.29, 0.717) is 32.3 Å². The van der Waals surface area contributed by atoms with E-state index in [9.17, 15) is 0 Å². The summed E-state index contributed by atoms with van der Waals surface area (Å²) in [6, 6.07) is 0. The van der Waals surface area contributed by atoms with Crippen LogP contribution in [0.2, 0.25) is 0 Å². The average Bonchev–Trinajstić information content (AvgIpc) is 2.34. The predicted octanol–water partition coefficient (Wildman–Crippen LogP) is 1.31. The van der Waals surface area contributed by atoms with Gasteiger partial charge in [0.2, 0.25) is 0 Å². The fraction of sp³-hybridized carbons (Fsp3) is 0.917. The predicted molar refractivity (Wildman–Crippen MR) is 84.6 cm³/mol. The highest BCUT2D eigenvalue weighted by Gasteiger charge is 2.16. The molecule has 1 aliphatic rings. The van der Waals surface area contributed by atoms with Crippen molar-refractivity contribution in [2.45, 2.75) is 19.8 Å². The molecule has 0 bridgehead atoms. The van der Waals surface area contributed by atoms with Crippen LogP contribution in [0, 0.1) is 5.92 Å². The number of likely N-dealkylation sites (tertiary alicyclic amines) is 1. The molecule has 0 aromatic heterocycles. The number of hydrogen-bond acceptors (Lipinski definition) is 3. The summed E-state index contributed by atoms with van der Waals surface area (Å²) in [5.41, 5.74) is 5.93. The Bertz CT molecular complexity index is 231. The van der Waals surface area contributed by atoms with Crippen LogP contribution < -0.4 is 5.73 Å². The van der Waals surface area contributed by atoms with E-state index >= 15 is 0 Å². The lowest BCUT2D eigenvalue weighted by molar-refractivity contribution is 0.0747. The molecule has 18 heavy (non-hydrogen) atoms. The van der Waals surface area contributed by atoms with Crippen molar-refractivity contribution in [3.05, 3.63) is 0 Å². The Hall–Kier alpha value is -0.0800. The van der Waals surface area contributed by atoms with Crippen LogP contribution in [0.5, 0.6) is 0 Å². The maximum Gasteiger partial charge on any atom is 0.191 e. The third-order valence-electron chi connectivity index (χ3n) is 3.05. The maximum atomic E-state index is 5.93. The zero-order valence-corrected chi connectivity index (χ0v) is 13.8. The highest BCUT2D eigenvalue weighted by atomic mass is 127. The van der Waals surface area contributed by atoms with Crippen LogP contribution in [0.3, 0.4) is 0 Å². The van der Waals surface area contributed by atoms with Crippen molar-refractivity contribution in [3.63, 3.8) is 0 Å². The molecule has 1 aliphatic heterocycles. The highest BCUT2D eigenvalue weighted by Crippen LogP contribution is 2.15. The molecule has 5 nitrogen and oxygen atoms in total. The van der Waals surface area contributed by atoms with Gasteiger partial charge in [-0.15, -0.1) is 24.0 Å². The van der Waals surface area contributed by atoms with Crippen molar-refractivity contribution in [2.24, 2.45) is 16.6 Å². The molecule has 2 N–H and O–H groups in total. The van der Waals surface area contributed by atoms with Crippen LogP contribution in [0.1, 0.15) is 19.8 Å². The van der Waals surface area contributed by atoms with Crippen molar-refractivity contribution in [1.29, 1.82) is 0 Å². The Kier molecular flexibility index (Phi) is 10.8. The molecule has 0 aliphatic carbocycles. The number of halogens is 1. The lowest BCUT2D eigenvalue weighted by Gasteiger charge is -2.31. The third kappa shape index (κ3) is 7.38. The second-order valence-electron chi connectivity index (χ2n) is 4.51. The molecule has 108 valence electrons. The first-order valence-electron chi connectivity index (χ1n) is 6.35. The highest BCUT2D eigenvalue weighted by molar-refractivity contribution is 14.0. The first-order valence-corrected chi connectivity index (χ1v) is 6.35. The number of ether oxygens (including phenoxy) is 2. The Morgan fingerprint density at radius 3 is 2.56 bits per heavy atom. The molecule has 0 spiro atoms. The summed E-state index contributed by atoms with van der Waals surface area (Å²) in [7, 11) is 1.66. The summed E-state index contributed by atoms with van der Waals surface area (Å²) in [6.45, 7) is 6.82. The van der Waals surface area contributed by atoms with Gasteiger partial charge in [-0.25, -0.2) is 0 Å². The largest absolute Gasteiger partial charge is 0.382 e. The van der Waals surface area contributed by atoms with Gasteiger partial charge in [-0.1, -0.05) is 6.92 Å². The van der Waals surface area contributed by atoms with Crippen molar-refractivity contribution in [2.75, 3.05) is 46.6 Å². The van der Waals surface area contributed by atoms with Gasteiger partial charge in [-0.2, -0.15) is 0 Å². The van der Waals surface area contributed by atoms with Crippen LogP contribution in [-0.2, 0) is 9.47 Å². The van der Waals surface area contributed by atoms with Crippen LogP contribution in [0.15, 0.2) is 4.99 Å². The number of piperidine rings is 1. The fourth-order valence-corrected chi connectivity index (χ4v) is 1.81. The number of hydrogen-bond donors (Lipinski definition) is 1. The smallest absolute Gasteiger partial charge is 0.191 e. The van der Waals surface area contributed by atoms with E-state index in [1.54, 1.807) is 7.11 Å². The molecule has 0 aromatic rings. The molecular formula is C12H26IN3O2. The lowest BCUT2D eigenvalue weighted by Crippen LogP contribution is -2.42. The summed E-state index contributed by atoms with van der Waals surface area (Å²) in [5, 5.41) is 0. The number of rotatable bonds is 6. The zero-order chi connectivity index (χ0) is 12.5. The van der Waals surface area contributed by atoms with E-state index in [1.807, 2.05) is 0 Å². The van der Waals surface area contributed by atoms with Gasteiger partial charge in [0.25, 0.3) is 0 Å². The molecular weight excluding hydrogens is 345 g/mol. The Morgan fingerprint density at radius 2 is 1.94 bits per heavy atom. The second kappa shape index (κ2) is 10.8. The van der Waals surface area contributed by atoms with Gasteiger partial charge >= 0.3 is 0 Å². The van der Waals surface area contributed by atoms with Crippen molar-refractivity contribution in [3.8, 4) is 0 Å². The van der Waals surface area contributed by atoms with Crippen molar-refractivity contribution in [1.82, 2.24) is 4.90 Å². The average molecular weight is 371 g/mol. The van der Waals surface area contributed by atoms with Gasteiger partial charge in [0.1, 0.15) is 0 Å². The van der Waals surface area contributed by atoms with Gasteiger partial charge in [0.05, 0.1) is 26.4 Å². The van der Waals surface area contributed by atoms with Gasteiger partial charge < -0.3 is 20.1 Å². The molecule has 0 atom stereocenters. The van der Waals surface area contributed by atoms with Gasteiger partial charge in [0, 0.05) is 20.2 Å². The molecule has 1 saturated heterocycles. The summed E-state index contributed by atoms with van der Waals surface area (Å²) >= 11 is 0. The van der Waals surface area contributed by atoms with Crippen LogP contribution in [0.25, 0.3) is 0 Å². The number of nitrogens with two attached hydrogens (primary N) is 1. The van der Waals surface area contributed by atoms with Crippen LogP contribution >= 0.6 is 24.0 Å². The Morgan fingerprint density at radius 1 is 1.28 bits per heavy atom. The fourth-order valence-electron chi connectivity index (χ4n) is 1.81. The minimum absolute atomic E-state index is 0. The monoisotopic (exact) mass is 371 g/mol. The zero-order valence-electron chi connectivity index (χ0n) is 11.4. The van der Waals surface area contributed by atoms with Crippen molar-refractivity contribution >= 4 is 29.9 Å². The van der Waals surface area contributed by atoms with Gasteiger partial charge in [0.15, 0.2) is 5.96 Å². The van der Waals surface area contributed by atoms with E-state index in [0.717, 1.165) is 19.0 Å². The second-order valence-corrected chi connectivity index (χ2v) is 4.51. The topological polar surface area (TPSA) is 60.1 Å². The summed E-state index contributed by atoms with van der Waals surface area (Å²) in [6.07, 6.45) is 2.42. The minimum atomic E-state index is 0. The normalized spacial score (nSPS) is 17.7. The summed E-state index contributed by atoms with van der Waals surface area (Å²) < 4.78 is 10.2. The standard InChI is InChI=1S/C12H25N3O2.HI/c1-11-3-6-15(7-4-11)12(13)14-5-8-17-10-9-16-2;/h11H,3-10H2,1-2H3,(H2,13,14);1H. The number of methoxy groups -OCH3 is 1. The molecule has 1 heterocycles. The number of nitrogens with zero attached hydrogens (tertiary/aromatic N) is 2. The lowest BCUT2D eigenvalue weighted by atomic mass is 10.00. The first kappa shape index (κ1) is 17.9. The first-order chi connectivity index (χ1) is 8.24. The molecule has 0 saturated carbocycles. The molecule has 0 aromatic carbocycles. The van der Waals surface area contributed by atoms with E-state index in [4.69, 9.17) is 15.2 Å². The summed E-state index contributed by atoms with van der Waals surface area (Å²) in [5.74, 6) is 1.48. The molecule has 6 heteroatoms. The Labute approximate surface area is 127 Å². The third-order valence-corrected chi connectivity index (χ3v) is 3.05. The summed E-state index contributed by atoms with van der Waals surface area (Å²) in [4.78, 5) is 6.49. The molecule has 1 rings (SSSR count). The molecule has 1 fully saturated rings. The van der Waals surface area contributed by atoms with Crippen molar-refractivity contribution < 1.29 is 9.47 Å². The van der Waals surface area contributed by atoms with E-state index in [1.165, 1.54) is 12.8 Å². The Balaban J connectivity index is 0.00000289. The molecule has 0 amide bonds.